The predicted molar refractivity (Wildman–Crippen MR) is 53.0 cm³/mol. The number of carbonyl (C=O) groups excluding carboxylic acids is 1. The van der Waals surface area contributed by atoms with E-state index in [-0.39, 0.29) is 6.42 Å². The molecule has 1 rings (SSSR count). The van der Waals surface area contributed by atoms with Gasteiger partial charge in [-0.1, -0.05) is 0 Å². The van der Waals surface area contributed by atoms with Gasteiger partial charge in [0.1, 0.15) is 4.88 Å². The second-order valence-electron chi connectivity index (χ2n) is 2.82. The zero-order valence-corrected chi connectivity index (χ0v) is 8.78. The van der Waals surface area contributed by atoms with Crippen molar-refractivity contribution >= 4 is 23.3 Å². The molecule has 0 spiro atoms. The molecule has 0 saturated heterocycles. The quantitative estimate of drug-likeness (QED) is 0.737. The molecule has 2 N–H and O–H groups in total. The summed E-state index contributed by atoms with van der Waals surface area (Å²) in [6.07, 6.45) is -1.59. The number of methoxy groups -OCH3 is 1. The molecular weight excluding hydrogens is 220 g/mol. The molecule has 82 valence electrons. The van der Waals surface area contributed by atoms with E-state index in [1.165, 1.54) is 7.11 Å². The van der Waals surface area contributed by atoms with E-state index in [1.807, 2.05) is 0 Å². The lowest BCUT2D eigenvalue weighted by Crippen LogP contribution is -2.22. The number of carboxylic acids is 1. The van der Waals surface area contributed by atoms with Gasteiger partial charge in [0.25, 0.3) is 0 Å². The van der Waals surface area contributed by atoms with Crippen LogP contribution in [0.3, 0.4) is 0 Å². The van der Waals surface area contributed by atoms with Crippen molar-refractivity contribution in [3.05, 3.63) is 21.9 Å². The Balaban J connectivity index is 2.82. The summed E-state index contributed by atoms with van der Waals surface area (Å²) in [6.45, 7) is 0. The summed E-state index contributed by atoms with van der Waals surface area (Å²) in [5.41, 5.74) is 0.488. The van der Waals surface area contributed by atoms with E-state index in [1.54, 1.807) is 11.4 Å². The second kappa shape index (κ2) is 4.90. The van der Waals surface area contributed by atoms with Gasteiger partial charge >= 0.3 is 11.9 Å². The summed E-state index contributed by atoms with van der Waals surface area (Å²) in [6, 6.07) is 1.60. The molecule has 5 nitrogen and oxygen atoms in total. The minimum Gasteiger partial charge on any atom is -0.479 e. The van der Waals surface area contributed by atoms with Gasteiger partial charge in [-0.05, 0) is 17.0 Å². The molecule has 0 radical (unpaired) electrons. The van der Waals surface area contributed by atoms with Crippen LogP contribution in [0.2, 0.25) is 0 Å². The number of carbonyl (C=O) groups is 2. The fourth-order valence-corrected chi connectivity index (χ4v) is 1.91. The first kappa shape index (κ1) is 11.7. The molecule has 0 fully saturated rings. The molecule has 1 atom stereocenters. The van der Waals surface area contributed by atoms with Crippen molar-refractivity contribution in [1.82, 2.24) is 0 Å². The highest BCUT2D eigenvalue weighted by atomic mass is 32.1. The van der Waals surface area contributed by atoms with Crippen LogP contribution in [0.4, 0.5) is 0 Å². The number of hydrogen-bond donors (Lipinski definition) is 2. The van der Waals surface area contributed by atoms with Gasteiger partial charge in [0.05, 0.1) is 7.11 Å². The van der Waals surface area contributed by atoms with Gasteiger partial charge in [-0.3, -0.25) is 0 Å². The van der Waals surface area contributed by atoms with Crippen LogP contribution < -0.4 is 0 Å². The molecule has 1 heterocycles. The van der Waals surface area contributed by atoms with Gasteiger partial charge < -0.3 is 14.9 Å². The van der Waals surface area contributed by atoms with Crippen molar-refractivity contribution < 1.29 is 24.5 Å². The van der Waals surface area contributed by atoms with E-state index in [2.05, 4.69) is 4.74 Å². The molecule has 0 aliphatic heterocycles. The van der Waals surface area contributed by atoms with Crippen LogP contribution in [0.5, 0.6) is 0 Å². The maximum Gasteiger partial charge on any atom is 0.348 e. The maximum atomic E-state index is 11.2. The van der Waals surface area contributed by atoms with Gasteiger partial charge in [-0.25, -0.2) is 9.59 Å². The SMILES string of the molecule is COC(=O)c1sccc1CC(O)C(=O)O. The fourth-order valence-electron chi connectivity index (χ4n) is 1.06. The Labute approximate surface area is 89.9 Å². The summed E-state index contributed by atoms with van der Waals surface area (Å²) < 4.78 is 4.52. The first-order valence-corrected chi connectivity index (χ1v) is 4.99. The molecule has 1 unspecified atom stereocenters. The topological polar surface area (TPSA) is 83.8 Å². The Bertz CT molecular complexity index is 370. The number of aliphatic hydroxyl groups excluding tert-OH is 1. The molecule has 1 aromatic rings. The standard InChI is InChI=1S/C9H10O5S/c1-14-9(13)7-5(2-3-15-7)4-6(10)8(11)12/h2-3,6,10H,4H2,1H3,(H,11,12). The van der Waals surface area contributed by atoms with Crippen molar-refractivity contribution in [2.24, 2.45) is 0 Å². The Kier molecular flexibility index (Phi) is 3.81. The third kappa shape index (κ3) is 2.77. The molecule has 6 heteroatoms. The van der Waals surface area contributed by atoms with Crippen LogP contribution in [-0.2, 0) is 16.0 Å². The van der Waals surface area contributed by atoms with Crippen molar-refractivity contribution in [3.63, 3.8) is 0 Å². The molecular formula is C9H10O5S. The minimum absolute atomic E-state index is 0.0940. The summed E-state index contributed by atoms with van der Waals surface area (Å²) in [5, 5.41) is 19.3. The number of aliphatic hydroxyl groups is 1. The molecule has 0 aliphatic carbocycles. The van der Waals surface area contributed by atoms with Crippen LogP contribution in [-0.4, -0.2) is 35.4 Å². The molecule has 15 heavy (non-hydrogen) atoms. The van der Waals surface area contributed by atoms with Crippen LogP contribution in [0.1, 0.15) is 15.2 Å². The zero-order valence-electron chi connectivity index (χ0n) is 7.97. The number of ether oxygens (including phenoxy) is 1. The molecule has 0 saturated carbocycles. The van der Waals surface area contributed by atoms with Crippen molar-refractivity contribution in [2.45, 2.75) is 12.5 Å². The first-order chi connectivity index (χ1) is 7.06. The molecule has 1 aromatic heterocycles. The lowest BCUT2D eigenvalue weighted by molar-refractivity contribution is -0.146. The van der Waals surface area contributed by atoms with E-state index in [0.29, 0.717) is 10.4 Å². The smallest absolute Gasteiger partial charge is 0.348 e. The highest BCUT2D eigenvalue weighted by Crippen LogP contribution is 2.19. The van der Waals surface area contributed by atoms with Crippen molar-refractivity contribution in [2.75, 3.05) is 7.11 Å². The Morgan fingerprint density at radius 2 is 2.27 bits per heavy atom. The van der Waals surface area contributed by atoms with Crippen LogP contribution in [0.25, 0.3) is 0 Å². The van der Waals surface area contributed by atoms with Gasteiger partial charge in [0.2, 0.25) is 0 Å². The fraction of sp³-hybridized carbons (Fsp3) is 0.333. The number of rotatable bonds is 4. The average molecular weight is 230 g/mol. The number of esters is 1. The lowest BCUT2D eigenvalue weighted by Gasteiger charge is -2.05. The second-order valence-corrected chi connectivity index (χ2v) is 3.74. The third-order valence-corrected chi connectivity index (χ3v) is 2.75. The number of hydrogen-bond acceptors (Lipinski definition) is 5. The van der Waals surface area contributed by atoms with Gasteiger partial charge in [-0.15, -0.1) is 11.3 Å². The van der Waals surface area contributed by atoms with Crippen molar-refractivity contribution in [3.8, 4) is 0 Å². The molecule has 0 bridgehead atoms. The van der Waals surface area contributed by atoms with Crippen LogP contribution >= 0.6 is 11.3 Å². The summed E-state index contributed by atoms with van der Waals surface area (Å²) >= 11 is 1.16. The van der Waals surface area contributed by atoms with Gasteiger partial charge in [0, 0.05) is 6.42 Å². The summed E-state index contributed by atoms with van der Waals surface area (Å²) in [7, 11) is 1.25. The first-order valence-electron chi connectivity index (χ1n) is 4.11. The number of aliphatic carboxylic acids is 1. The summed E-state index contributed by atoms with van der Waals surface area (Å²) in [4.78, 5) is 22.0. The Hall–Kier alpha value is -1.40. The number of carboxylic acid groups (broad SMARTS) is 1. The normalized spacial score (nSPS) is 12.1. The maximum absolute atomic E-state index is 11.2. The highest BCUT2D eigenvalue weighted by Gasteiger charge is 2.19. The monoisotopic (exact) mass is 230 g/mol. The summed E-state index contributed by atoms with van der Waals surface area (Å²) in [5.74, 6) is -1.82. The molecule has 0 amide bonds. The minimum atomic E-state index is -1.50. The Morgan fingerprint density at radius 3 is 2.80 bits per heavy atom. The van der Waals surface area contributed by atoms with E-state index in [0.717, 1.165) is 11.3 Å². The van der Waals surface area contributed by atoms with Crippen LogP contribution in [0.15, 0.2) is 11.4 Å². The van der Waals surface area contributed by atoms with Gasteiger partial charge in [-0.2, -0.15) is 0 Å². The van der Waals surface area contributed by atoms with E-state index < -0.39 is 18.0 Å². The third-order valence-electron chi connectivity index (χ3n) is 1.82. The van der Waals surface area contributed by atoms with Crippen molar-refractivity contribution in [1.29, 1.82) is 0 Å². The number of thiophene rings is 1. The lowest BCUT2D eigenvalue weighted by atomic mass is 10.1. The molecule has 0 aliphatic rings. The zero-order chi connectivity index (χ0) is 11.4. The van der Waals surface area contributed by atoms with Crippen LogP contribution in [0, 0.1) is 0 Å². The van der Waals surface area contributed by atoms with E-state index in [9.17, 15) is 9.59 Å². The predicted octanol–water partition coefficient (Wildman–Crippen LogP) is 0.523. The molecule has 0 aromatic carbocycles. The highest BCUT2D eigenvalue weighted by molar-refractivity contribution is 7.12. The van der Waals surface area contributed by atoms with Gasteiger partial charge in [0.15, 0.2) is 6.10 Å². The Morgan fingerprint density at radius 1 is 1.60 bits per heavy atom. The largest absolute Gasteiger partial charge is 0.479 e. The van der Waals surface area contributed by atoms with E-state index in [4.69, 9.17) is 10.2 Å². The van der Waals surface area contributed by atoms with E-state index >= 15 is 0 Å². The average Bonchev–Trinajstić information content (AvgIpc) is 2.64.